The normalized spacial score (nSPS) is 10.6. The van der Waals surface area contributed by atoms with Crippen LogP contribution in [0.3, 0.4) is 0 Å². The van der Waals surface area contributed by atoms with Crippen LogP contribution in [0.4, 0.5) is 5.69 Å². The maximum Gasteiger partial charge on any atom is 0.272 e. The fraction of sp³-hybridized carbons (Fsp3) is 0.312. The van der Waals surface area contributed by atoms with Gasteiger partial charge in [0.05, 0.1) is 6.54 Å². The third-order valence-corrected chi connectivity index (χ3v) is 3.56. The molecule has 2 rings (SSSR count). The molecule has 122 valence electrons. The maximum absolute atomic E-state index is 12.0. The van der Waals surface area contributed by atoms with Crippen molar-refractivity contribution < 1.29 is 9.59 Å². The summed E-state index contributed by atoms with van der Waals surface area (Å²) in [5, 5.41) is 12.1. The SMILES string of the molecule is CC(C)Cc1cc(C(=O)NCC(=O)Nc2ccc(Br)cc2)n[nH]1. The van der Waals surface area contributed by atoms with Gasteiger partial charge in [-0.25, -0.2) is 0 Å². The summed E-state index contributed by atoms with van der Waals surface area (Å²) < 4.78 is 0.930. The molecule has 0 radical (unpaired) electrons. The second-order valence-electron chi connectivity index (χ2n) is 5.61. The summed E-state index contributed by atoms with van der Waals surface area (Å²) in [6.45, 7) is 4.07. The number of hydrogen-bond acceptors (Lipinski definition) is 3. The largest absolute Gasteiger partial charge is 0.342 e. The summed E-state index contributed by atoms with van der Waals surface area (Å²) in [5.74, 6) is -0.191. The van der Waals surface area contributed by atoms with Crippen LogP contribution in [0.5, 0.6) is 0 Å². The van der Waals surface area contributed by atoms with Gasteiger partial charge >= 0.3 is 0 Å². The topological polar surface area (TPSA) is 86.9 Å². The van der Waals surface area contributed by atoms with E-state index in [2.05, 4.69) is 50.6 Å². The van der Waals surface area contributed by atoms with Crippen molar-refractivity contribution in [2.75, 3.05) is 11.9 Å². The van der Waals surface area contributed by atoms with Gasteiger partial charge in [0.25, 0.3) is 5.91 Å². The van der Waals surface area contributed by atoms with Crippen LogP contribution >= 0.6 is 15.9 Å². The van der Waals surface area contributed by atoms with Crippen LogP contribution in [-0.2, 0) is 11.2 Å². The van der Waals surface area contributed by atoms with E-state index in [0.29, 0.717) is 11.6 Å². The first-order chi connectivity index (χ1) is 10.9. The van der Waals surface area contributed by atoms with Gasteiger partial charge < -0.3 is 10.6 Å². The zero-order chi connectivity index (χ0) is 16.8. The Morgan fingerprint density at radius 1 is 1.26 bits per heavy atom. The van der Waals surface area contributed by atoms with E-state index in [1.54, 1.807) is 18.2 Å². The number of nitrogens with zero attached hydrogens (tertiary/aromatic N) is 1. The Hall–Kier alpha value is -2.15. The summed E-state index contributed by atoms with van der Waals surface area (Å²) in [5.41, 5.74) is 1.87. The lowest BCUT2D eigenvalue weighted by Gasteiger charge is -2.06. The highest BCUT2D eigenvalue weighted by Gasteiger charge is 2.12. The van der Waals surface area contributed by atoms with Crippen molar-refractivity contribution in [1.82, 2.24) is 15.5 Å². The molecular formula is C16H19BrN4O2. The number of H-pyrrole nitrogens is 1. The second-order valence-corrected chi connectivity index (χ2v) is 6.53. The number of amides is 2. The number of benzene rings is 1. The average molecular weight is 379 g/mol. The van der Waals surface area contributed by atoms with E-state index in [1.165, 1.54) is 0 Å². The monoisotopic (exact) mass is 378 g/mol. The smallest absolute Gasteiger partial charge is 0.272 e. The number of aromatic nitrogens is 2. The molecule has 0 bridgehead atoms. The molecule has 1 aromatic heterocycles. The van der Waals surface area contributed by atoms with Crippen molar-refractivity contribution in [3.8, 4) is 0 Å². The van der Waals surface area contributed by atoms with Crippen LogP contribution in [-0.4, -0.2) is 28.6 Å². The Bertz CT molecular complexity index is 680. The molecule has 2 aromatic rings. The summed E-state index contributed by atoms with van der Waals surface area (Å²) in [6.07, 6.45) is 0.824. The van der Waals surface area contributed by atoms with E-state index < -0.39 is 0 Å². The summed E-state index contributed by atoms with van der Waals surface area (Å²) >= 11 is 3.32. The van der Waals surface area contributed by atoms with Gasteiger partial charge in [0, 0.05) is 15.9 Å². The second kappa shape index (κ2) is 7.92. The number of carbonyl (C=O) groups is 2. The molecule has 0 saturated heterocycles. The molecule has 0 aliphatic carbocycles. The Morgan fingerprint density at radius 3 is 2.61 bits per heavy atom. The zero-order valence-corrected chi connectivity index (χ0v) is 14.6. The summed E-state index contributed by atoms with van der Waals surface area (Å²) in [6, 6.07) is 8.91. The molecule has 0 saturated carbocycles. The molecule has 0 aliphatic heterocycles. The molecule has 0 unspecified atom stereocenters. The Morgan fingerprint density at radius 2 is 1.96 bits per heavy atom. The quantitative estimate of drug-likeness (QED) is 0.721. The minimum atomic E-state index is -0.373. The van der Waals surface area contributed by atoms with Gasteiger partial charge in [-0.3, -0.25) is 14.7 Å². The van der Waals surface area contributed by atoms with Crippen molar-refractivity contribution in [2.24, 2.45) is 5.92 Å². The lowest BCUT2D eigenvalue weighted by Crippen LogP contribution is -2.33. The first kappa shape index (κ1) is 17.2. The Labute approximate surface area is 143 Å². The van der Waals surface area contributed by atoms with Gasteiger partial charge in [0.2, 0.25) is 5.91 Å². The number of halogens is 1. The summed E-state index contributed by atoms with van der Waals surface area (Å²) in [4.78, 5) is 23.8. The van der Waals surface area contributed by atoms with Crippen LogP contribution in [0, 0.1) is 5.92 Å². The molecule has 0 atom stereocenters. The van der Waals surface area contributed by atoms with Gasteiger partial charge in [0.1, 0.15) is 5.69 Å². The molecule has 1 heterocycles. The van der Waals surface area contributed by atoms with Crippen LogP contribution in [0.25, 0.3) is 0 Å². The Kier molecular flexibility index (Phi) is 5.92. The lowest BCUT2D eigenvalue weighted by molar-refractivity contribution is -0.115. The van der Waals surface area contributed by atoms with Gasteiger partial charge in [-0.15, -0.1) is 0 Å². The first-order valence-electron chi connectivity index (χ1n) is 7.32. The fourth-order valence-electron chi connectivity index (χ4n) is 2.01. The van der Waals surface area contributed by atoms with Crippen molar-refractivity contribution >= 4 is 33.4 Å². The van der Waals surface area contributed by atoms with Crippen LogP contribution in [0.1, 0.15) is 30.0 Å². The van der Waals surface area contributed by atoms with E-state index in [1.807, 2.05) is 12.1 Å². The molecular weight excluding hydrogens is 360 g/mol. The van der Waals surface area contributed by atoms with Crippen molar-refractivity contribution in [1.29, 1.82) is 0 Å². The molecule has 0 spiro atoms. The van der Waals surface area contributed by atoms with Gasteiger partial charge in [0.15, 0.2) is 0 Å². The van der Waals surface area contributed by atoms with Crippen molar-refractivity contribution in [3.05, 3.63) is 46.2 Å². The van der Waals surface area contributed by atoms with E-state index in [0.717, 1.165) is 16.6 Å². The zero-order valence-electron chi connectivity index (χ0n) is 13.0. The van der Waals surface area contributed by atoms with Gasteiger partial charge in [-0.1, -0.05) is 29.8 Å². The number of nitrogens with one attached hydrogen (secondary N) is 3. The van der Waals surface area contributed by atoms with Gasteiger partial charge in [-0.05, 0) is 42.7 Å². The highest BCUT2D eigenvalue weighted by Crippen LogP contribution is 2.13. The number of hydrogen-bond donors (Lipinski definition) is 3. The molecule has 3 N–H and O–H groups in total. The van der Waals surface area contributed by atoms with Crippen molar-refractivity contribution in [3.63, 3.8) is 0 Å². The minimum Gasteiger partial charge on any atom is -0.342 e. The first-order valence-corrected chi connectivity index (χ1v) is 8.11. The molecule has 2 amide bonds. The van der Waals surface area contributed by atoms with Crippen LogP contribution in [0.15, 0.2) is 34.8 Å². The lowest BCUT2D eigenvalue weighted by atomic mass is 10.1. The predicted molar refractivity (Wildman–Crippen MR) is 92.2 cm³/mol. The highest BCUT2D eigenvalue weighted by atomic mass is 79.9. The molecule has 7 heteroatoms. The number of carbonyl (C=O) groups excluding carboxylic acids is 2. The number of anilines is 1. The minimum absolute atomic E-state index is 0.110. The highest BCUT2D eigenvalue weighted by molar-refractivity contribution is 9.10. The fourth-order valence-corrected chi connectivity index (χ4v) is 2.28. The molecule has 0 fully saturated rings. The summed E-state index contributed by atoms with van der Waals surface area (Å²) in [7, 11) is 0. The van der Waals surface area contributed by atoms with E-state index in [9.17, 15) is 9.59 Å². The van der Waals surface area contributed by atoms with Gasteiger partial charge in [-0.2, -0.15) is 5.10 Å². The molecule has 6 nitrogen and oxygen atoms in total. The number of aromatic amines is 1. The molecule has 23 heavy (non-hydrogen) atoms. The Balaban J connectivity index is 1.82. The predicted octanol–water partition coefficient (Wildman–Crippen LogP) is 2.74. The van der Waals surface area contributed by atoms with Crippen LogP contribution < -0.4 is 10.6 Å². The van der Waals surface area contributed by atoms with Crippen molar-refractivity contribution in [2.45, 2.75) is 20.3 Å². The third-order valence-electron chi connectivity index (χ3n) is 3.03. The van der Waals surface area contributed by atoms with E-state index >= 15 is 0 Å². The maximum atomic E-state index is 12.0. The van der Waals surface area contributed by atoms with Crippen LogP contribution in [0.2, 0.25) is 0 Å². The molecule has 1 aromatic carbocycles. The average Bonchev–Trinajstić information content (AvgIpc) is 2.95. The molecule has 0 aliphatic rings. The third kappa shape index (κ3) is 5.52. The van der Waals surface area contributed by atoms with E-state index in [-0.39, 0.29) is 24.1 Å². The number of rotatable bonds is 6. The van der Waals surface area contributed by atoms with E-state index in [4.69, 9.17) is 0 Å². The standard InChI is InChI=1S/C16H19BrN4O2/c1-10(2)7-13-8-14(21-20-13)16(23)18-9-15(22)19-12-5-3-11(17)4-6-12/h3-6,8,10H,7,9H2,1-2H3,(H,18,23)(H,19,22)(H,20,21).